The average molecular weight is 222 g/mol. The van der Waals surface area contributed by atoms with Crippen molar-refractivity contribution in [3.8, 4) is 17.1 Å². The molecule has 0 aliphatic rings. The van der Waals surface area contributed by atoms with Gasteiger partial charge < -0.3 is 14.9 Å². The highest BCUT2D eigenvalue weighted by atomic mass is 19.1. The zero-order valence-electron chi connectivity index (χ0n) is 8.74. The molecule has 16 heavy (non-hydrogen) atoms. The second-order valence-corrected chi connectivity index (χ2v) is 3.17. The van der Waals surface area contributed by atoms with Gasteiger partial charge in [0, 0.05) is 6.07 Å². The maximum absolute atomic E-state index is 13.6. The second-order valence-electron chi connectivity index (χ2n) is 3.17. The maximum atomic E-state index is 13.6. The standard InChI is InChI=1S/C11H11FN2O2/c1-15-7-2-3-8(9(12)4-7)10-6-14-11(5-13)16-10/h2-4,6H,5,13H2,1H3. The lowest BCUT2D eigenvalue weighted by atomic mass is 10.1. The molecule has 0 spiro atoms. The zero-order chi connectivity index (χ0) is 11.5. The van der Waals surface area contributed by atoms with Gasteiger partial charge in [0.1, 0.15) is 11.6 Å². The molecule has 0 aliphatic heterocycles. The maximum Gasteiger partial charge on any atom is 0.208 e. The van der Waals surface area contributed by atoms with Crippen molar-refractivity contribution in [2.75, 3.05) is 7.11 Å². The second kappa shape index (κ2) is 4.32. The van der Waals surface area contributed by atoms with Crippen molar-refractivity contribution in [2.45, 2.75) is 6.54 Å². The monoisotopic (exact) mass is 222 g/mol. The van der Waals surface area contributed by atoms with Gasteiger partial charge in [-0.1, -0.05) is 0 Å². The van der Waals surface area contributed by atoms with Gasteiger partial charge in [0.25, 0.3) is 0 Å². The van der Waals surface area contributed by atoms with Crippen LogP contribution in [0.2, 0.25) is 0 Å². The van der Waals surface area contributed by atoms with Gasteiger partial charge in [-0.3, -0.25) is 0 Å². The molecule has 1 heterocycles. The van der Waals surface area contributed by atoms with Gasteiger partial charge in [-0.2, -0.15) is 0 Å². The fraction of sp³-hybridized carbons (Fsp3) is 0.182. The zero-order valence-corrected chi connectivity index (χ0v) is 8.74. The molecule has 1 aromatic carbocycles. The molecule has 0 saturated carbocycles. The SMILES string of the molecule is COc1ccc(-c2cnc(CN)o2)c(F)c1. The molecule has 0 fully saturated rings. The number of nitrogens with two attached hydrogens (primary N) is 1. The van der Waals surface area contributed by atoms with E-state index in [1.807, 2.05) is 0 Å². The summed E-state index contributed by atoms with van der Waals surface area (Å²) in [5.74, 6) is 0.782. The summed E-state index contributed by atoms with van der Waals surface area (Å²) in [4.78, 5) is 3.91. The smallest absolute Gasteiger partial charge is 0.208 e. The van der Waals surface area contributed by atoms with Crippen LogP contribution >= 0.6 is 0 Å². The van der Waals surface area contributed by atoms with E-state index in [2.05, 4.69) is 4.98 Å². The molecule has 2 aromatic rings. The normalized spacial score (nSPS) is 10.4. The van der Waals surface area contributed by atoms with E-state index in [4.69, 9.17) is 14.9 Å². The van der Waals surface area contributed by atoms with Crippen molar-refractivity contribution in [1.29, 1.82) is 0 Å². The predicted octanol–water partition coefficient (Wildman–Crippen LogP) is 1.95. The first kappa shape index (κ1) is 10.6. The van der Waals surface area contributed by atoms with Crippen LogP contribution in [-0.2, 0) is 6.54 Å². The third-order valence-corrected chi connectivity index (χ3v) is 2.17. The molecule has 84 valence electrons. The summed E-state index contributed by atoms with van der Waals surface area (Å²) in [6, 6.07) is 4.53. The van der Waals surface area contributed by atoms with E-state index < -0.39 is 5.82 Å². The first-order chi connectivity index (χ1) is 7.74. The van der Waals surface area contributed by atoms with Crippen LogP contribution in [0.1, 0.15) is 5.89 Å². The average Bonchev–Trinajstić information content (AvgIpc) is 2.77. The Kier molecular flexibility index (Phi) is 2.87. The molecule has 0 unspecified atom stereocenters. The fourth-order valence-corrected chi connectivity index (χ4v) is 1.35. The molecule has 2 rings (SSSR count). The van der Waals surface area contributed by atoms with Gasteiger partial charge in [0.05, 0.1) is 25.4 Å². The third kappa shape index (κ3) is 1.90. The summed E-state index contributed by atoms with van der Waals surface area (Å²) in [6.07, 6.45) is 1.45. The summed E-state index contributed by atoms with van der Waals surface area (Å²) in [5, 5.41) is 0. The first-order valence-electron chi connectivity index (χ1n) is 4.73. The van der Waals surface area contributed by atoms with E-state index in [9.17, 15) is 4.39 Å². The quantitative estimate of drug-likeness (QED) is 0.862. The van der Waals surface area contributed by atoms with E-state index in [0.29, 0.717) is 23.0 Å². The Morgan fingerprint density at radius 3 is 2.88 bits per heavy atom. The molecule has 4 nitrogen and oxygen atoms in total. The number of halogens is 1. The Bertz CT molecular complexity index is 496. The topological polar surface area (TPSA) is 61.3 Å². The Morgan fingerprint density at radius 2 is 2.31 bits per heavy atom. The van der Waals surface area contributed by atoms with E-state index >= 15 is 0 Å². The van der Waals surface area contributed by atoms with Crippen LogP contribution in [0.3, 0.4) is 0 Å². The highest BCUT2D eigenvalue weighted by Crippen LogP contribution is 2.26. The van der Waals surface area contributed by atoms with Crippen LogP contribution in [0.4, 0.5) is 4.39 Å². The predicted molar refractivity (Wildman–Crippen MR) is 56.3 cm³/mol. The number of ether oxygens (including phenoxy) is 1. The van der Waals surface area contributed by atoms with Crippen molar-refractivity contribution >= 4 is 0 Å². The number of aromatic nitrogens is 1. The molecule has 2 N–H and O–H groups in total. The lowest BCUT2D eigenvalue weighted by Crippen LogP contribution is -1.94. The van der Waals surface area contributed by atoms with Gasteiger partial charge in [0.2, 0.25) is 5.89 Å². The summed E-state index contributed by atoms with van der Waals surface area (Å²) >= 11 is 0. The summed E-state index contributed by atoms with van der Waals surface area (Å²) < 4.78 is 23.8. The molecule has 0 aliphatic carbocycles. The molecule has 5 heteroatoms. The summed E-state index contributed by atoms with van der Waals surface area (Å²) in [6.45, 7) is 0.192. The molecular weight excluding hydrogens is 211 g/mol. The minimum atomic E-state index is -0.418. The van der Waals surface area contributed by atoms with Crippen LogP contribution < -0.4 is 10.5 Å². The largest absolute Gasteiger partial charge is 0.497 e. The molecule has 0 atom stereocenters. The third-order valence-electron chi connectivity index (χ3n) is 2.17. The highest BCUT2D eigenvalue weighted by Gasteiger charge is 2.11. The number of hydrogen-bond acceptors (Lipinski definition) is 4. The molecule has 0 amide bonds. The van der Waals surface area contributed by atoms with Gasteiger partial charge in [-0.15, -0.1) is 0 Å². The number of nitrogens with zero attached hydrogens (tertiary/aromatic N) is 1. The van der Waals surface area contributed by atoms with Gasteiger partial charge in [0.15, 0.2) is 5.76 Å². The minimum Gasteiger partial charge on any atom is -0.497 e. The molecular formula is C11H11FN2O2. The van der Waals surface area contributed by atoms with E-state index in [1.165, 1.54) is 19.4 Å². The van der Waals surface area contributed by atoms with E-state index in [-0.39, 0.29) is 6.54 Å². The van der Waals surface area contributed by atoms with Gasteiger partial charge >= 0.3 is 0 Å². The van der Waals surface area contributed by atoms with Crippen LogP contribution in [0.25, 0.3) is 11.3 Å². The Balaban J connectivity index is 2.40. The van der Waals surface area contributed by atoms with Crippen LogP contribution in [-0.4, -0.2) is 12.1 Å². The van der Waals surface area contributed by atoms with Crippen molar-refractivity contribution in [3.63, 3.8) is 0 Å². The van der Waals surface area contributed by atoms with Crippen LogP contribution in [0.15, 0.2) is 28.8 Å². The molecule has 0 bridgehead atoms. The Hall–Kier alpha value is -1.88. The van der Waals surface area contributed by atoms with Crippen LogP contribution in [0.5, 0.6) is 5.75 Å². The summed E-state index contributed by atoms with van der Waals surface area (Å²) in [5.41, 5.74) is 5.70. The Morgan fingerprint density at radius 1 is 1.50 bits per heavy atom. The summed E-state index contributed by atoms with van der Waals surface area (Å²) in [7, 11) is 1.48. The highest BCUT2D eigenvalue weighted by molar-refractivity contribution is 5.58. The van der Waals surface area contributed by atoms with Crippen molar-refractivity contribution < 1.29 is 13.5 Å². The van der Waals surface area contributed by atoms with E-state index in [0.717, 1.165) is 0 Å². The van der Waals surface area contributed by atoms with Crippen LogP contribution in [0, 0.1) is 5.82 Å². The minimum absolute atomic E-state index is 0.192. The van der Waals surface area contributed by atoms with E-state index in [1.54, 1.807) is 12.1 Å². The lowest BCUT2D eigenvalue weighted by Gasteiger charge is -2.02. The number of benzene rings is 1. The van der Waals surface area contributed by atoms with Crippen molar-refractivity contribution in [1.82, 2.24) is 4.98 Å². The molecule has 0 saturated heterocycles. The van der Waals surface area contributed by atoms with Gasteiger partial charge in [-0.05, 0) is 12.1 Å². The number of hydrogen-bond donors (Lipinski definition) is 1. The van der Waals surface area contributed by atoms with Gasteiger partial charge in [-0.25, -0.2) is 9.37 Å². The molecule has 1 aromatic heterocycles. The number of methoxy groups -OCH3 is 1. The molecule has 0 radical (unpaired) electrons. The fourth-order valence-electron chi connectivity index (χ4n) is 1.35. The van der Waals surface area contributed by atoms with Crippen molar-refractivity contribution in [3.05, 3.63) is 36.1 Å². The van der Waals surface area contributed by atoms with Crippen molar-refractivity contribution in [2.24, 2.45) is 5.73 Å². The number of rotatable bonds is 3. The first-order valence-corrected chi connectivity index (χ1v) is 4.73. The Labute approximate surface area is 91.9 Å². The number of oxazole rings is 1. The lowest BCUT2D eigenvalue weighted by molar-refractivity contribution is 0.411.